The number of ketones is 1. The Balaban J connectivity index is 1.95. The van der Waals surface area contributed by atoms with E-state index in [1.807, 2.05) is 12.1 Å². The SMILES string of the molecule is Cc1ccccc1CN1CCC(=O)c2cc(F)ccc21. The molecule has 2 aromatic carbocycles. The summed E-state index contributed by atoms with van der Waals surface area (Å²) < 4.78 is 13.3. The second-order valence-electron chi connectivity index (χ2n) is 5.18. The maximum absolute atomic E-state index is 13.3. The molecule has 0 unspecified atom stereocenters. The lowest BCUT2D eigenvalue weighted by molar-refractivity contribution is 0.0979. The topological polar surface area (TPSA) is 20.3 Å². The van der Waals surface area contributed by atoms with Crippen molar-refractivity contribution in [2.24, 2.45) is 0 Å². The Morgan fingerprint density at radius 1 is 1.20 bits per heavy atom. The van der Waals surface area contributed by atoms with E-state index >= 15 is 0 Å². The number of fused-ring (bicyclic) bond motifs is 1. The molecule has 1 heterocycles. The third-order valence-electron chi connectivity index (χ3n) is 3.83. The summed E-state index contributed by atoms with van der Waals surface area (Å²) >= 11 is 0. The molecule has 0 amide bonds. The molecule has 3 rings (SSSR count). The summed E-state index contributed by atoms with van der Waals surface area (Å²) in [4.78, 5) is 14.1. The molecule has 2 nitrogen and oxygen atoms in total. The van der Waals surface area contributed by atoms with Crippen molar-refractivity contribution in [3.8, 4) is 0 Å². The molecule has 102 valence electrons. The normalized spacial score (nSPS) is 14.3. The van der Waals surface area contributed by atoms with Gasteiger partial charge in [0.2, 0.25) is 0 Å². The van der Waals surface area contributed by atoms with Crippen LogP contribution in [0.4, 0.5) is 10.1 Å². The molecule has 1 aliphatic heterocycles. The molecule has 0 saturated heterocycles. The molecule has 0 spiro atoms. The molecule has 1 aliphatic rings. The number of carbonyl (C=O) groups excluding carboxylic acids is 1. The van der Waals surface area contributed by atoms with Crippen LogP contribution in [0.3, 0.4) is 0 Å². The second-order valence-corrected chi connectivity index (χ2v) is 5.18. The Morgan fingerprint density at radius 2 is 2.00 bits per heavy atom. The maximum atomic E-state index is 13.3. The zero-order chi connectivity index (χ0) is 14.1. The quantitative estimate of drug-likeness (QED) is 0.828. The van der Waals surface area contributed by atoms with Gasteiger partial charge in [0.05, 0.1) is 0 Å². The van der Waals surface area contributed by atoms with Crippen molar-refractivity contribution in [1.82, 2.24) is 0 Å². The third kappa shape index (κ3) is 2.31. The summed E-state index contributed by atoms with van der Waals surface area (Å²) in [6.45, 7) is 3.51. The largest absolute Gasteiger partial charge is 0.366 e. The Labute approximate surface area is 117 Å². The number of carbonyl (C=O) groups is 1. The fourth-order valence-corrected chi connectivity index (χ4v) is 2.66. The van der Waals surface area contributed by atoms with Crippen molar-refractivity contribution in [3.63, 3.8) is 0 Å². The van der Waals surface area contributed by atoms with Crippen LogP contribution in [-0.4, -0.2) is 12.3 Å². The molecule has 0 atom stereocenters. The van der Waals surface area contributed by atoms with Gasteiger partial charge >= 0.3 is 0 Å². The molecule has 0 bridgehead atoms. The van der Waals surface area contributed by atoms with E-state index in [0.29, 0.717) is 18.5 Å². The van der Waals surface area contributed by atoms with E-state index in [9.17, 15) is 9.18 Å². The third-order valence-corrected chi connectivity index (χ3v) is 3.83. The van der Waals surface area contributed by atoms with Gasteiger partial charge in [-0.3, -0.25) is 4.79 Å². The van der Waals surface area contributed by atoms with Crippen LogP contribution in [0.25, 0.3) is 0 Å². The highest BCUT2D eigenvalue weighted by Gasteiger charge is 2.23. The van der Waals surface area contributed by atoms with Gasteiger partial charge in [-0.05, 0) is 36.2 Å². The van der Waals surface area contributed by atoms with Crippen LogP contribution in [0.1, 0.15) is 27.9 Å². The Hall–Kier alpha value is -2.16. The lowest BCUT2D eigenvalue weighted by Gasteiger charge is -2.31. The fraction of sp³-hybridized carbons (Fsp3) is 0.235. The molecular weight excluding hydrogens is 253 g/mol. The van der Waals surface area contributed by atoms with E-state index in [2.05, 4.69) is 24.0 Å². The van der Waals surface area contributed by atoms with E-state index < -0.39 is 0 Å². The van der Waals surface area contributed by atoms with Crippen LogP contribution in [-0.2, 0) is 6.54 Å². The number of rotatable bonds is 2. The minimum atomic E-state index is -0.352. The highest BCUT2D eigenvalue weighted by molar-refractivity contribution is 6.03. The van der Waals surface area contributed by atoms with Crippen LogP contribution in [0.5, 0.6) is 0 Å². The minimum Gasteiger partial charge on any atom is -0.366 e. The molecular formula is C17H16FNO. The molecule has 0 N–H and O–H groups in total. The standard InChI is InChI=1S/C17H16FNO/c1-12-4-2-3-5-13(12)11-19-9-8-17(20)15-10-14(18)6-7-16(15)19/h2-7,10H,8-9,11H2,1H3. The Kier molecular flexibility index (Phi) is 3.26. The van der Waals surface area contributed by atoms with Crippen LogP contribution >= 0.6 is 0 Å². The van der Waals surface area contributed by atoms with Gasteiger partial charge in [-0.1, -0.05) is 24.3 Å². The predicted molar refractivity (Wildman–Crippen MR) is 77.6 cm³/mol. The first-order chi connectivity index (χ1) is 9.65. The molecule has 20 heavy (non-hydrogen) atoms. The molecule has 0 radical (unpaired) electrons. The van der Waals surface area contributed by atoms with Gasteiger partial charge in [0, 0.05) is 30.8 Å². The number of Topliss-reactive ketones (excluding diaryl/α,β-unsaturated/α-hetero) is 1. The molecule has 0 aliphatic carbocycles. The summed E-state index contributed by atoms with van der Waals surface area (Å²) in [5, 5.41) is 0. The van der Waals surface area contributed by atoms with Gasteiger partial charge in [0.15, 0.2) is 5.78 Å². The zero-order valence-electron chi connectivity index (χ0n) is 11.4. The van der Waals surface area contributed by atoms with Crippen molar-refractivity contribution in [2.45, 2.75) is 19.9 Å². The van der Waals surface area contributed by atoms with Crippen molar-refractivity contribution < 1.29 is 9.18 Å². The van der Waals surface area contributed by atoms with Gasteiger partial charge in [-0.15, -0.1) is 0 Å². The second kappa shape index (κ2) is 5.08. The summed E-state index contributed by atoms with van der Waals surface area (Å²) in [6, 6.07) is 12.7. The summed E-state index contributed by atoms with van der Waals surface area (Å²) in [7, 11) is 0. The van der Waals surface area contributed by atoms with Gasteiger partial charge < -0.3 is 4.90 Å². The van der Waals surface area contributed by atoms with Crippen LogP contribution < -0.4 is 4.90 Å². The maximum Gasteiger partial charge on any atom is 0.166 e. The first kappa shape index (κ1) is 12.9. The van der Waals surface area contributed by atoms with E-state index in [1.165, 1.54) is 23.3 Å². The summed E-state index contributed by atoms with van der Waals surface area (Å²) in [5.74, 6) is -0.324. The number of anilines is 1. The first-order valence-electron chi connectivity index (χ1n) is 6.77. The molecule has 3 heteroatoms. The highest BCUT2D eigenvalue weighted by Crippen LogP contribution is 2.29. The van der Waals surface area contributed by atoms with E-state index in [1.54, 1.807) is 6.07 Å². The van der Waals surface area contributed by atoms with Gasteiger partial charge in [-0.2, -0.15) is 0 Å². The average molecular weight is 269 g/mol. The van der Waals surface area contributed by atoms with Crippen LogP contribution in [0.15, 0.2) is 42.5 Å². The molecule has 0 fully saturated rings. The number of hydrogen-bond acceptors (Lipinski definition) is 2. The van der Waals surface area contributed by atoms with Crippen LogP contribution in [0.2, 0.25) is 0 Å². The Morgan fingerprint density at radius 3 is 2.80 bits per heavy atom. The number of nitrogens with zero attached hydrogens (tertiary/aromatic N) is 1. The smallest absolute Gasteiger partial charge is 0.166 e. The van der Waals surface area contributed by atoms with Gasteiger partial charge in [0.25, 0.3) is 0 Å². The summed E-state index contributed by atoms with van der Waals surface area (Å²) in [6.07, 6.45) is 0.447. The summed E-state index contributed by atoms with van der Waals surface area (Å²) in [5.41, 5.74) is 3.81. The lowest BCUT2D eigenvalue weighted by atomic mass is 9.99. The number of benzene rings is 2. The van der Waals surface area contributed by atoms with Crippen molar-refractivity contribution in [2.75, 3.05) is 11.4 Å². The first-order valence-corrected chi connectivity index (χ1v) is 6.77. The Bertz CT molecular complexity index is 666. The van der Waals surface area contributed by atoms with Gasteiger partial charge in [0.1, 0.15) is 5.82 Å². The number of aryl methyl sites for hydroxylation is 1. The molecule has 0 saturated carbocycles. The van der Waals surface area contributed by atoms with E-state index in [-0.39, 0.29) is 11.6 Å². The van der Waals surface area contributed by atoms with Crippen LogP contribution in [0, 0.1) is 12.7 Å². The monoisotopic (exact) mass is 269 g/mol. The fourth-order valence-electron chi connectivity index (χ4n) is 2.66. The average Bonchev–Trinajstić information content (AvgIpc) is 2.44. The van der Waals surface area contributed by atoms with Crippen molar-refractivity contribution in [1.29, 1.82) is 0 Å². The molecule has 0 aromatic heterocycles. The lowest BCUT2D eigenvalue weighted by Crippen LogP contribution is -2.31. The highest BCUT2D eigenvalue weighted by atomic mass is 19.1. The zero-order valence-corrected chi connectivity index (χ0v) is 11.4. The predicted octanol–water partition coefficient (Wildman–Crippen LogP) is 3.73. The molecule has 2 aromatic rings. The number of halogens is 1. The van der Waals surface area contributed by atoms with Gasteiger partial charge in [-0.25, -0.2) is 4.39 Å². The van der Waals surface area contributed by atoms with Crippen molar-refractivity contribution >= 4 is 11.5 Å². The van der Waals surface area contributed by atoms with Crippen molar-refractivity contribution in [3.05, 3.63) is 65.0 Å². The minimum absolute atomic E-state index is 0.0283. The number of hydrogen-bond donors (Lipinski definition) is 0. The van der Waals surface area contributed by atoms with E-state index in [4.69, 9.17) is 0 Å². The van der Waals surface area contributed by atoms with E-state index in [0.717, 1.165) is 12.2 Å².